The molecule has 2 aromatic rings. The van der Waals surface area contributed by atoms with Crippen molar-refractivity contribution in [3.8, 4) is 0 Å². The molecule has 0 aromatic heterocycles. The van der Waals surface area contributed by atoms with Gasteiger partial charge in [-0.05, 0) is 42.8 Å². The van der Waals surface area contributed by atoms with Gasteiger partial charge < -0.3 is 10.2 Å². The number of nitrogens with one attached hydrogen (secondary N) is 1. The van der Waals surface area contributed by atoms with Gasteiger partial charge in [0.05, 0.1) is 11.4 Å². The highest BCUT2D eigenvalue weighted by molar-refractivity contribution is 6.03. The lowest BCUT2D eigenvalue weighted by Gasteiger charge is -2.31. The van der Waals surface area contributed by atoms with E-state index < -0.39 is 0 Å². The minimum atomic E-state index is -0.0409. The van der Waals surface area contributed by atoms with Crippen LogP contribution in [0.5, 0.6) is 0 Å². The number of benzene rings is 2. The molecule has 1 heterocycles. The summed E-state index contributed by atoms with van der Waals surface area (Å²) in [7, 11) is 0. The first-order valence-electron chi connectivity index (χ1n) is 6.41. The van der Waals surface area contributed by atoms with Crippen LogP contribution in [-0.4, -0.2) is 18.7 Å². The van der Waals surface area contributed by atoms with E-state index in [4.69, 9.17) is 0 Å². The Morgan fingerprint density at radius 3 is 2.75 bits per heavy atom. The third-order valence-corrected chi connectivity index (χ3v) is 3.46. The van der Waals surface area contributed by atoms with Gasteiger partial charge in [-0.2, -0.15) is 0 Å². The van der Waals surface area contributed by atoms with Gasteiger partial charge in [0.2, 0.25) is 5.91 Å². The lowest BCUT2D eigenvalue weighted by molar-refractivity contribution is -0.115. The zero-order chi connectivity index (χ0) is 14.1. The Hall–Kier alpha value is -2.62. The zero-order valence-electron chi connectivity index (χ0n) is 11.1. The van der Waals surface area contributed by atoms with Crippen molar-refractivity contribution in [1.29, 1.82) is 0 Å². The summed E-state index contributed by atoms with van der Waals surface area (Å²) in [4.78, 5) is 24.7. The summed E-state index contributed by atoms with van der Waals surface area (Å²) in [6.45, 7) is 2.17. The van der Waals surface area contributed by atoms with Crippen molar-refractivity contribution < 1.29 is 9.59 Å². The lowest BCUT2D eigenvalue weighted by Crippen LogP contribution is -2.35. The highest BCUT2D eigenvalue weighted by Gasteiger charge is 2.22. The summed E-state index contributed by atoms with van der Waals surface area (Å²) in [5.74, 6) is -0.0409. The quantitative estimate of drug-likeness (QED) is 0.850. The van der Waals surface area contributed by atoms with Crippen molar-refractivity contribution in [2.24, 2.45) is 0 Å². The van der Waals surface area contributed by atoms with Gasteiger partial charge in [-0.25, -0.2) is 0 Å². The van der Waals surface area contributed by atoms with Gasteiger partial charge in [-0.1, -0.05) is 12.1 Å². The number of hydrogen-bond acceptors (Lipinski definition) is 3. The summed E-state index contributed by atoms with van der Waals surface area (Å²) < 4.78 is 0. The molecular weight excluding hydrogens is 252 g/mol. The number of carbonyl (C=O) groups is 2. The lowest BCUT2D eigenvalue weighted by atomic mass is 10.1. The Morgan fingerprint density at radius 1 is 1.20 bits per heavy atom. The second-order valence-electron chi connectivity index (χ2n) is 4.81. The van der Waals surface area contributed by atoms with Gasteiger partial charge in [-0.15, -0.1) is 0 Å². The minimum Gasteiger partial charge on any atom is -0.330 e. The molecule has 0 saturated carbocycles. The van der Waals surface area contributed by atoms with Crippen LogP contribution in [0, 0.1) is 6.92 Å². The molecule has 100 valence electrons. The number of para-hydroxylation sites is 2. The van der Waals surface area contributed by atoms with E-state index in [2.05, 4.69) is 5.32 Å². The summed E-state index contributed by atoms with van der Waals surface area (Å²) in [5, 5.41) is 2.86. The van der Waals surface area contributed by atoms with Crippen molar-refractivity contribution in [3.05, 3.63) is 53.6 Å². The molecule has 1 amide bonds. The van der Waals surface area contributed by atoms with Crippen molar-refractivity contribution in [3.63, 3.8) is 0 Å². The number of aryl methyl sites for hydroxylation is 1. The average molecular weight is 266 g/mol. The Morgan fingerprint density at radius 2 is 2.00 bits per heavy atom. The zero-order valence-corrected chi connectivity index (χ0v) is 11.1. The molecule has 1 N–H and O–H groups in total. The molecular formula is C16H14N2O2. The third kappa shape index (κ3) is 2.05. The number of rotatable bonds is 2. The van der Waals surface area contributed by atoms with Crippen molar-refractivity contribution >= 4 is 29.3 Å². The number of fused-ring (bicyclic) bond motifs is 1. The maximum atomic E-state index is 11.8. The van der Waals surface area contributed by atoms with Crippen LogP contribution in [0.1, 0.15) is 15.9 Å². The Kier molecular flexibility index (Phi) is 2.99. The maximum Gasteiger partial charge on any atom is 0.244 e. The van der Waals surface area contributed by atoms with Crippen LogP contribution in [-0.2, 0) is 4.79 Å². The number of anilines is 3. The van der Waals surface area contributed by atoms with Gasteiger partial charge in [0, 0.05) is 11.3 Å². The van der Waals surface area contributed by atoms with Crippen LogP contribution in [0.2, 0.25) is 0 Å². The van der Waals surface area contributed by atoms with E-state index in [1.807, 2.05) is 48.2 Å². The second-order valence-corrected chi connectivity index (χ2v) is 4.81. The molecule has 1 aliphatic rings. The molecule has 2 aromatic carbocycles. The van der Waals surface area contributed by atoms with Crippen LogP contribution >= 0.6 is 0 Å². The first kappa shape index (κ1) is 12.4. The number of hydrogen-bond donors (Lipinski definition) is 1. The smallest absolute Gasteiger partial charge is 0.244 e. The Bertz CT molecular complexity index is 695. The van der Waals surface area contributed by atoms with Gasteiger partial charge >= 0.3 is 0 Å². The van der Waals surface area contributed by atoms with Crippen LogP contribution in [0.3, 0.4) is 0 Å². The van der Waals surface area contributed by atoms with Crippen molar-refractivity contribution in [2.75, 3.05) is 16.8 Å². The topological polar surface area (TPSA) is 49.4 Å². The first-order chi connectivity index (χ1) is 9.69. The molecule has 4 nitrogen and oxygen atoms in total. The van der Waals surface area contributed by atoms with E-state index in [0.29, 0.717) is 5.56 Å². The van der Waals surface area contributed by atoms with E-state index in [1.54, 1.807) is 6.07 Å². The normalized spacial score (nSPS) is 13.7. The average Bonchev–Trinajstić information content (AvgIpc) is 2.46. The molecule has 0 radical (unpaired) electrons. The molecule has 0 bridgehead atoms. The predicted molar refractivity (Wildman–Crippen MR) is 78.6 cm³/mol. The molecule has 20 heavy (non-hydrogen) atoms. The number of nitrogens with zero attached hydrogens (tertiary/aromatic N) is 1. The molecule has 1 aliphatic heterocycles. The number of aldehydes is 1. The standard InChI is InChI=1S/C16H14N2O2/c1-11-8-13(7-6-12(11)10-19)18-9-16(20)17-14-4-2-3-5-15(14)18/h2-8,10H,9H2,1H3,(H,17,20). The summed E-state index contributed by atoms with van der Waals surface area (Å²) in [5.41, 5.74) is 4.26. The summed E-state index contributed by atoms with van der Waals surface area (Å²) in [6.07, 6.45) is 0.843. The van der Waals surface area contributed by atoms with Gasteiger partial charge in [0.1, 0.15) is 12.8 Å². The minimum absolute atomic E-state index is 0.0409. The molecule has 4 heteroatoms. The summed E-state index contributed by atoms with van der Waals surface area (Å²) >= 11 is 0. The molecule has 0 saturated heterocycles. The third-order valence-electron chi connectivity index (χ3n) is 3.46. The van der Waals surface area contributed by atoms with Crippen LogP contribution in [0.4, 0.5) is 17.1 Å². The molecule has 0 atom stereocenters. The molecule has 3 rings (SSSR count). The largest absolute Gasteiger partial charge is 0.330 e. The first-order valence-corrected chi connectivity index (χ1v) is 6.41. The van der Waals surface area contributed by atoms with E-state index in [1.165, 1.54) is 0 Å². The molecule has 0 fully saturated rings. The van der Waals surface area contributed by atoms with Gasteiger partial charge in [-0.3, -0.25) is 9.59 Å². The van der Waals surface area contributed by atoms with Crippen molar-refractivity contribution in [2.45, 2.75) is 6.92 Å². The van der Waals surface area contributed by atoms with E-state index in [0.717, 1.165) is 28.9 Å². The van der Waals surface area contributed by atoms with Crippen LogP contribution < -0.4 is 10.2 Å². The fourth-order valence-corrected chi connectivity index (χ4v) is 2.42. The number of carbonyl (C=O) groups excluding carboxylic acids is 2. The highest BCUT2D eigenvalue weighted by atomic mass is 16.2. The van der Waals surface area contributed by atoms with Crippen LogP contribution in [0.25, 0.3) is 0 Å². The van der Waals surface area contributed by atoms with E-state index in [9.17, 15) is 9.59 Å². The Balaban J connectivity index is 2.08. The fourth-order valence-electron chi connectivity index (χ4n) is 2.42. The molecule has 0 aliphatic carbocycles. The number of amides is 1. The fraction of sp³-hybridized carbons (Fsp3) is 0.125. The molecule has 0 unspecified atom stereocenters. The van der Waals surface area contributed by atoms with Crippen LogP contribution in [0.15, 0.2) is 42.5 Å². The monoisotopic (exact) mass is 266 g/mol. The maximum absolute atomic E-state index is 11.8. The highest BCUT2D eigenvalue weighted by Crippen LogP contribution is 2.35. The summed E-state index contributed by atoms with van der Waals surface area (Å²) in [6, 6.07) is 13.3. The van der Waals surface area contributed by atoms with E-state index in [-0.39, 0.29) is 12.5 Å². The second kappa shape index (κ2) is 4.81. The van der Waals surface area contributed by atoms with Crippen molar-refractivity contribution in [1.82, 2.24) is 0 Å². The Labute approximate surface area is 117 Å². The van der Waals surface area contributed by atoms with Gasteiger partial charge in [0.15, 0.2) is 0 Å². The van der Waals surface area contributed by atoms with Gasteiger partial charge in [0.25, 0.3) is 0 Å². The predicted octanol–water partition coefficient (Wildman–Crippen LogP) is 2.90. The van der Waals surface area contributed by atoms with E-state index >= 15 is 0 Å². The molecule has 0 spiro atoms. The SMILES string of the molecule is Cc1cc(N2CC(=O)Nc3ccccc32)ccc1C=O.